The molecule has 54 heavy (non-hydrogen) atoms. The molecule has 0 bridgehead atoms. The van der Waals surface area contributed by atoms with Crippen molar-refractivity contribution in [2.75, 3.05) is 26.2 Å². The Balaban J connectivity index is 0.968. The van der Waals surface area contributed by atoms with Crippen LogP contribution in [0.15, 0.2) is 91.1 Å². The number of fused-ring (bicyclic) bond motifs is 4. The van der Waals surface area contributed by atoms with Gasteiger partial charge in [0.1, 0.15) is 28.8 Å². The molecule has 2 aromatic heterocycles. The molecule has 0 saturated carbocycles. The molecule has 8 rings (SSSR count). The minimum Gasteiger partial charge on any atom is -0.448 e. The summed E-state index contributed by atoms with van der Waals surface area (Å²) in [4.78, 5) is 54.6. The van der Waals surface area contributed by atoms with Crippen molar-refractivity contribution in [1.82, 2.24) is 25.1 Å². The van der Waals surface area contributed by atoms with Gasteiger partial charge in [0.05, 0.1) is 16.4 Å². The van der Waals surface area contributed by atoms with Crippen LogP contribution in [0.25, 0.3) is 32.6 Å². The molecule has 3 amide bonds. The molecule has 0 spiro atoms. The minimum absolute atomic E-state index is 0.0241. The monoisotopic (exact) mass is 743 g/mol. The van der Waals surface area contributed by atoms with Gasteiger partial charge in [-0.05, 0) is 80.7 Å². The molecule has 5 aromatic rings. The van der Waals surface area contributed by atoms with Gasteiger partial charge < -0.3 is 24.6 Å². The zero-order chi connectivity index (χ0) is 37.4. The second kappa shape index (κ2) is 14.9. The quantitative estimate of drug-likeness (QED) is 0.178. The van der Waals surface area contributed by atoms with Crippen LogP contribution in [0.5, 0.6) is 0 Å². The van der Waals surface area contributed by atoms with Crippen molar-refractivity contribution in [2.45, 2.75) is 70.1 Å². The first-order valence-corrected chi connectivity index (χ1v) is 19.7. The molecule has 2 saturated heterocycles. The van der Waals surface area contributed by atoms with Crippen molar-refractivity contribution >= 4 is 39.6 Å². The smallest absolute Gasteiger partial charge is 0.409 e. The summed E-state index contributed by atoms with van der Waals surface area (Å²) >= 11 is 1.59. The van der Waals surface area contributed by atoms with E-state index in [9.17, 15) is 14.4 Å². The first-order valence-electron chi connectivity index (χ1n) is 18.9. The van der Waals surface area contributed by atoms with E-state index in [1.807, 2.05) is 65.6 Å². The molecule has 0 radical (unpaired) electrons. The standard InChI is InChI=1S/C43H45N5O5S/c1-43(2,3)53-41(50)46-37(40(49)48-23-11-18-34(48)39-45-38-35(54-39)19-22-44-36(38)27-12-5-4-6-13-27)28-20-24-47(25-21-28)42(51)52-26-33-31-16-9-7-14-29(31)30-15-8-10-17-32(30)33/h4-10,12-17,19,22,28,33-34,37H,11,18,20-21,23-26H2,1-3H3,(H,46,50)/t34-,37-/m0/s1. The second-order valence-corrected chi connectivity index (χ2v) is 16.4. The summed E-state index contributed by atoms with van der Waals surface area (Å²) in [6.45, 7) is 7.05. The van der Waals surface area contributed by atoms with E-state index in [4.69, 9.17) is 14.5 Å². The Morgan fingerprint density at radius 3 is 2.22 bits per heavy atom. The van der Waals surface area contributed by atoms with E-state index >= 15 is 0 Å². The molecule has 278 valence electrons. The van der Waals surface area contributed by atoms with Gasteiger partial charge in [-0.3, -0.25) is 9.78 Å². The van der Waals surface area contributed by atoms with E-state index in [2.05, 4.69) is 34.6 Å². The molecule has 2 fully saturated rings. The number of carbonyl (C=O) groups excluding carboxylic acids is 3. The second-order valence-electron chi connectivity index (χ2n) is 15.4. The zero-order valence-corrected chi connectivity index (χ0v) is 31.7. The number of benzene rings is 3. The van der Waals surface area contributed by atoms with E-state index in [0.29, 0.717) is 32.5 Å². The largest absolute Gasteiger partial charge is 0.448 e. The Labute approximate surface area is 319 Å². The molecule has 2 aliphatic heterocycles. The number of nitrogens with zero attached hydrogens (tertiary/aromatic N) is 4. The van der Waals surface area contributed by atoms with Gasteiger partial charge in [0, 0.05) is 37.3 Å². The van der Waals surface area contributed by atoms with Crippen molar-refractivity contribution in [2.24, 2.45) is 5.92 Å². The highest BCUT2D eigenvalue weighted by Gasteiger charge is 2.42. The van der Waals surface area contributed by atoms with Gasteiger partial charge in [0.25, 0.3) is 0 Å². The van der Waals surface area contributed by atoms with Crippen molar-refractivity contribution < 1.29 is 23.9 Å². The van der Waals surface area contributed by atoms with Crippen molar-refractivity contribution in [3.05, 3.63) is 107 Å². The van der Waals surface area contributed by atoms with Crippen molar-refractivity contribution in [3.63, 3.8) is 0 Å². The highest BCUT2D eigenvalue weighted by Crippen LogP contribution is 2.45. The predicted molar refractivity (Wildman–Crippen MR) is 209 cm³/mol. The number of pyridine rings is 1. The maximum absolute atomic E-state index is 14.6. The van der Waals surface area contributed by atoms with Crippen LogP contribution in [0.1, 0.15) is 74.5 Å². The number of carbonyl (C=O) groups is 3. The fourth-order valence-electron chi connectivity index (χ4n) is 8.20. The van der Waals surface area contributed by atoms with Crippen molar-refractivity contribution in [1.29, 1.82) is 0 Å². The van der Waals surface area contributed by atoms with Crippen LogP contribution in [0.4, 0.5) is 9.59 Å². The highest BCUT2D eigenvalue weighted by atomic mass is 32.1. The van der Waals surface area contributed by atoms with Crippen LogP contribution >= 0.6 is 11.3 Å². The summed E-state index contributed by atoms with van der Waals surface area (Å²) in [5.41, 5.74) is 6.60. The Hall–Kier alpha value is -5.29. The summed E-state index contributed by atoms with van der Waals surface area (Å²) in [5.74, 6) is -0.374. The van der Waals surface area contributed by atoms with Crippen LogP contribution in [-0.2, 0) is 14.3 Å². The predicted octanol–water partition coefficient (Wildman–Crippen LogP) is 8.58. The molecular weight excluding hydrogens is 699 g/mol. The summed E-state index contributed by atoms with van der Waals surface area (Å²) in [5, 5.41) is 3.82. The number of piperidine rings is 1. The molecule has 11 heteroatoms. The molecule has 3 aliphatic rings. The van der Waals surface area contributed by atoms with Crippen molar-refractivity contribution in [3.8, 4) is 22.4 Å². The molecule has 0 unspecified atom stereocenters. The van der Waals surface area contributed by atoms with Crippen LogP contribution < -0.4 is 5.32 Å². The Morgan fingerprint density at radius 2 is 1.54 bits per heavy atom. The Morgan fingerprint density at radius 1 is 0.870 bits per heavy atom. The molecule has 3 aromatic carbocycles. The average Bonchev–Trinajstić information content (AvgIpc) is 3.92. The van der Waals surface area contributed by atoms with Crippen LogP contribution in [-0.4, -0.2) is 75.7 Å². The number of likely N-dealkylation sites (tertiary alicyclic amines) is 2. The zero-order valence-electron chi connectivity index (χ0n) is 30.9. The maximum atomic E-state index is 14.6. The van der Waals surface area contributed by atoms with Crippen LogP contribution in [0, 0.1) is 5.92 Å². The lowest BCUT2D eigenvalue weighted by Gasteiger charge is -2.37. The first kappa shape index (κ1) is 35.7. The Kier molecular flexibility index (Phi) is 9.83. The number of nitrogens with one attached hydrogen (secondary N) is 1. The van der Waals surface area contributed by atoms with Crippen LogP contribution in [0.3, 0.4) is 0 Å². The van der Waals surface area contributed by atoms with Gasteiger partial charge >= 0.3 is 12.2 Å². The first-order chi connectivity index (χ1) is 26.1. The Bertz CT molecular complexity index is 2130. The molecule has 2 atom stereocenters. The van der Waals surface area contributed by atoms with Gasteiger partial charge in [0.15, 0.2) is 0 Å². The van der Waals surface area contributed by atoms with Crippen LogP contribution in [0.2, 0.25) is 0 Å². The summed E-state index contributed by atoms with van der Waals surface area (Å²) in [6.07, 6.45) is 3.48. The third-order valence-electron chi connectivity index (χ3n) is 10.7. The van der Waals surface area contributed by atoms with E-state index in [1.54, 1.807) is 43.2 Å². The molecular formula is C43H45N5O5S. The molecule has 1 N–H and O–H groups in total. The molecule has 4 heterocycles. The summed E-state index contributed by atoms with van der Waals surface area (Å²) in [6, 6.07) is 27.5. The van der Waals surface area contributed by atoms with E-state index in [1.165, 1.54) is 22.3 Å². The number of thiazole rings is 1. The summed E-state index contributed by atoms with van der Waals surface area (Å²) < 4.78 is 12.6. The number of hydrogen-bond acceptors (Lipinski definition) is 8. The fourth-order valence-corrected chi connectivity index (χ4v) is 9.32. The number of rotatable bonds is 7. The third kappa shape index (κ3) is 7.16. The number of ether oxygens (including phenoxy) is 2. The van der Waals surface area contributed by atoms with Gasteiger partial charge in [-0.2, -0.15) is 0 Å². The SMILES string of the molecule is CC(C)(C)OC(=O)N[C@H](C(=O)N1CCC[C@H]1c1nc2c(-c3ccccc3)nccc2s1)C1CCN(C(=O)OCC2c3ccccc3-c3ccccc32)CC1. The third-order valence-corrected chi connectivity index (χ3v) is 11.9. The van der Waals surface area contributed by atoms with E-state index in [-0.39, 0.29) is 36.5 Å². The fraction of sp³-hybridized carbons (Fsp3) is 0.372. The molecule has 10 nitrogen and oxygen atoms in total. The number of aromatic nitrogens is 2. The summed E-state index contributed by atoms with van der Waals surface area (Å²) in [7, 11) is 0. The normalized spacial score (nSPS) is 17.9. The minimum atomic E-state index is -0.818. The molecule has 1 aliphatic carbocycles. The highest BCUT2D eigenvalue weighted by molar-refractivity contribution is 7.18. The number of hydrogen-bond donors (Lipinski definition) is 1. The average molecular weight is 744 g/mol. The maximum Gasteiger partial charge on any atom is 0.409 e. The van der Waals surface area contributed by atoms with E-state index in [0.717, 1.165) is 39.3 Å². The lowest BCUT2D eigenvalue weighted by Crippen LogP contribution is -2.55. The topological polar surface area (TPSA) is 114 Å². The van der Waals surface area contributed by atoms with E-state index < -0.39 is 17.7 Å². The van der Waals surface area contributed by atoms with Gasteiger partial charge in [-0.25, -0.2) is 14.6 Å². The number of alkyl carbamates (subject to hydrolysis) is 1. The lowest BCUT2D eigenvalue weighted by atomic mass is 9.88. The van der Waals surface area contributed by atoms with Gasteiger partial charge in [0.2, 0.25) is 5.91 Å². The van der Waals surface area contributed by atoms with Gasteiger partial charge in [-0.1, -0.05) is 78.9 Å². The lowest BCUT2D eigenvalue weighted by molar-refractivity contribution is -0.136. The van der Waals surface area contributed by atoms with Gasteiger partial charge in [-0.15, -0.1) is 11.3 Å². The number of amides is 3.